The van der Waals surface area contributed by atoms with Crippen LogP contribution in [-0.4, -0.2) is 41.1 Å². The second-order valence-corrected chi connectivity index (χ2v) is 7.12. The van der Waals surface area contributed by atoms with Crippen molar-refractivity contribution in [2.24, 2.45) is 0 Å². The highest BCUT2D eigenvalue weighted by molar-refractivity contribution is 7.80. The third kappa shape index (κ3) is 4.82. The Kier molecular flexibility index (Phi) is 6.12. The number of nitrogens with zero attached hydrogens (tertiary/aromatic N) is 2. The van der Waals surface area contributed by atoms with Crippen molar-refractivity contribution in [3.63, 3.8) is 0 Å². The Balaban J connectivity index is 1.52. The first-order chi connectivity index (χ1) is 12.0. The molecule has 1 fully saturated rings. The zero-order valence-corrected chi connectivity index (χ0v) is 15.8. The van der Waals surface area contributed by atoms with Gasteiger partial charge in [0.25, 0.3) is 0 Å². The van der Waals surface area contributed by atoms with Gasteiger partial charge in [0.1, 0.15) is 5.82 Å². The molecule has 25 heavy (non-hydrogen) atoms. The highest BCUT2D eigenvalue weighted by atomic mass is 35.5. The van der Waals surface area contributed by atoms with E-state index in [4.69, 9.17) is 35.4 Å². The number of para-hydroxylation sites is 1. The lowest BCUT2D eigenvalue weighted by Crippen LogP contribution is -2.49. The fraction of sp³-hybridized carbons (Fsp3) is 0.278. The number of piperazine rings is 1. The number of anilines is 1. The molecule has 0 saturated carbocycles. The molecule has 2 aromatic carbocycles. The molecule has 0 spiro atoms. The van der Waals surface area contributed by atoms with Crippen LogP contribution in [0.2, 0.25) is 10.0 Å². The van der Waals surface area contributed by atoms with Crippen LogP contribution in [0.4, 0.5) is 10.1 Å². The average Bonchev–Trinajstić information content (AvgIpc) is 2.61. The van der Waals surface area contributed by atoms with Crippen molar-refractivity contribution in [3.05, 3.63) is 63.9 Å². The van der Waals surface area contributed by atoms with Crippen LogP contribution >= 0.6 is 35.4 Å². The van der Waals surface area contributed by atoms with Gasteiger partial charge in [0, 0.05) is 32.7 Å². The van der Waals surface area contributed by atoms with Crippen LogP contribution in [0.3, 0.4) is 0 Å². The zero-order chi connectivity index (χ0) is 17.8. The van der Waals surface area contributed by atoms with Gasteiger partial charge in [-0.1, -0.05) is 41.4 Å². The van der Waals surface area contributed by atoms with Gasteiger partial charge < -0.3 is 10.2 Å². The first-order valence-corrected chi connectivity index (χ1v) is 9.16. The molecular formula is C18H18Cl2FN3S. The zero-order valence-electron chi connectivity index (χ0n) is 13.5. The molecule has 3 rings (SSSR count). The van der Waals surface area contributed by atoms with Crippen LogP contribution in [0.15, 0.2) is 42.5 Å². The number of nitrogens with one attached hydrogen (secondary N) is 1. The summed E-state index contributed by atoms with van der Waals surface area (Å²) >= 11 is 17.4. The maximum atomic E-state index is 13.7. The number of thiocarbonyl (C=S) groups is 1. The molecule has 7 heteroatoms. The van der Waals surface area contributed by atoms with Crippen molar-refractivity contribution in [3.8, 4) is 0 Å². The summed E-state index contributed by atoms with van der Waals surface area (Å²) in [6, 6.07) is 12.3. The molecule has 1 N–H and O–H groups in total. The summed E-state index contributed by atoms with van der Waals surface area (Å²) in [5.74, 6) is -0.303. The number of hydrogen-bond acceptors (Lipinski definition) is 2. The average molecular weight is 398 g/mol. The lowest BCUT2D eigenvalue weighted by atomic mass is 10.2. The summed E-state index contributed by atoms with van der Waals surface area (Å²) in [7, 11) is 0. The summed E-state index contributed by atoms with van der Waals surface area (Å²) in [6.45, 7) is 4.15. The summed E-state index contributed by atoms with van der Waals surface area (Å²) in [5, 5.41) is 4.69. The van der Waals surface area contributed by atoms with Crippen molar-refractivity contribution < 1.29 is 4.39 Å². The quantitative estimate of drug-likeness (QED) is 0.759. The number of halogens is 3. The van der Waals surface area contributed by atoms with Gasteiger partial charge in [-0.15, -0.1) is 0 Å². The maximum absolute atomic E-state index is 13.7. The van der Waals surface area contributed by atoms with E-state index in [-0.39, 0.29) is 5.82 Å². The molecule has 0 aliphatic carbocycles. The first-order valence-electron chi connectivity index (χ1n) is 7.99. The van der Waals surface area contributed by atoms with Gasteiger partial charge in [0.15, 0.2) is 5.11 Å². The minimum absolute atomic E-state index is 0.303. The van der Waals surface area contributed by atoms with Crippen molar-refractivity contribution in [2.45, 2.75) is 6.54 Å². The molecule has 3 nitrogen and oxygen atoms in total. The Morgan fingerprint density at radius 2 is 1.76 bits per heavy atom. The smallest absolute Gasteiger partial charge is 0.173 e. The van der Waals surface area contributed by atoms with Crippen LogP contribution in [0.1, 0.15) is 5.56 Å². The third-order valence-electron chi connectivity index (χ3n) is 4.17. The molecule has 0 aromatic heterocycles. The molecule has 1 aliphatic rings. The normalized spacial score (nSPS) is 15.2. The van der Waals surface area contributed by atoms with E-state index in [1.165, 1.54) is 6.07 Å². The van der Waals surface area contributed by atoms with E-state index in [1.54, 1.807) is 18.2 Å². The molecule has 2 aromatic rings. The Bertz CT molecular complexity index is 764. The van der Waals surface area contributed by atoms with Gasteiger partial charge in [-0.05, 0) is 42.0 Å². The summed E-state index contributed by atoms with van der Waals surface area (Å²) < 4.78 is 13.7. The van der Waals surface area contributed by atoms with E-state index < -0.39 is 0 Å². The molecule has 0 bridgehead atoms. The van der Waals surface area contributed by atoms with E-state index in [9.17, 15) is 4.39 Å². The summed E-state index contributed by atoms with van der Waals surface area (Å²) in [6.07, 6.45) is 0. The van der Waals surface area contributed by atoms with Gasteiger partial charge in [0.2, 0.25) is 0 Å². The van der Waals surface area contributed by atoms with Crippen LogP contribution in [0, 0.1) is 5.82 Å². The molecule has 0 atom stereocenters. The minimum Gasteiger partial charge on any atom is -0.346 e. The third-order valence-corrected chi connectivity index (χ3v) is 5.26. The van der Waals surface area contributed by atoms with E-state index in [0.717, 1.165) is 38.3 Å². The first kappa shape index (κ1) is 18.4. The second-order valence-electron chi connectivity index (χ2n) is 5.92. The number of benzene rings is 2. The number of rotatable bonds is 3. The summed E-state index contributed by atoms with van der Waals surface area (Å²) in [5.41, 5.74) is 1.54. The molecule has 0 amide bonds. The van der Waals surface area contributed by atoms with Gasteiger partial charge in [-0.2, -0.15) is 0 Å². The van der Waals surface area contributed by atoms with E-state index in [0.29, 0.717) is 20.8 Å². The Morgan fingerprint density at radius 3 is 2.44 bits per heavy atom. The van der Waals surface area contributed by atoms with E-state index in [2.05, 4.69) is 15.1 Å². The molecule has 1 saturated heterocycles. The molecule has 132 valence electrons. The van der Waals surface area contributed by atoms with Crippen molar-refractivity contribution in [1.29, 1.82) is 0 Å². The van der Waals surface area contributed by atoms with Crippen molar-refractivity contribution in [1.82, 2.24) is 9.80 Å². The second kappa shape index (κ2) is 8.32. The Hall–Kier alpha value is -1.40. The SMILES string of the molecule is Fc1ccccc1NC(=S)N1CCN(Cc2ccc(Cl)c(Cl)c2)CC1. The molecule has 1 heterocycles. The molecule has 0 radical (unpaired) electrons. The predicted octanol–water partition coefficient (Wildman–Crippen LogP) is 4.65. The fourth-order valence-electron chi connectivity index (χ4n) is 2.76. The number of hydrogen-bond donors (Lipinski definition) is 1. The monoisotopic (exact) mass is 397 g/mol. The Morgan fingerprint density at radius 1 is 1.04 bits per heavy atom. The summed E-state index contributed by atoms with van der Waals surface area (Å²) in [4.78, 5) is 4.40. The lowest BCUT2D eigenvalue weighted by Gasteiger charge is -2.36. The molecular weight excluding hydrogens is 380 g/mol. The lowest BCUT2D eigenvalue weighted by molar-refractivity contribution is 0.177. The van der Waals surface area contributed by atoms with Crippen LogP contribution in [0.5, 0.6) is 0 Å². The minimum atomic E-state index is -0.303. The van der Waals surface area contributed by atoms with Crippen LogP contribution in [0.25, 0.3) is 0 Å². The van der Waals surface area contributed by atoms with E-state index >= 15 is 0 Å². The highest BCUT2D eigenvalue weighted by Crippen LogP contribution is 2.23. The topological polar surface area (TPSA) is 18.5 Å². The van der Waals surface area contributed by atoms with Crippen LogP contribution < -0.4 is 5.32 Å². The van der Waals surface area contributed by atoms with Crippen LogP contribution in [-0.2, 0) is 6.54 Å². The standard InChI is InChI=1S/C18H18Cl2FN3S/c19-14-6-5-13(11-15(14)20)12-23-7-9-24(10-8-23)18(25)22-17-4-2-1-3-16(17)21/h1-6,11H,7-10,12H2,(H,22,25). The molecule has 1 aliphatic heterocycles. The van der Waals surface area contributed by atoms with Gasteiger partial charge >= 0.3 is 0 Å². The van der Waals surface area contributed by atoms with Gasteiger partial charge in [-0.3, -0.25) is 4.90 Å². The predicted molar refractivity (Wildman–Crippen MR) is 106 cm³/mol. The van der Waals surface area contributed by atoms with Crippen molar-refractivity contribution >= 4 is 46.2 Å². The van der Waals surface area contributed by atoms with Crippen molar-refractivity contribution in [2.75, 3.05) is 31.5 Å². The highest BCUT2D eigenvalue weighted by Gasteiger charge is 2.19. The fourth-order valence-corrected chi connectivity index (χ4v) is 3.38. The largest absolute Gasteiger partial charge is 0.346 e. The molecule has 0 unspecified atom stereocenters. The van der Waals surface area contributed by atoms with E-state index in [1.807, 2.05) is 18.2 Å². The van der Waals surface area contributed by atoms with Gasteiger partial charge in [-0.25, -0.2) is 4.39 Å². The Labute approximate surface area is 162 Å². The maximum Gasteiger partial charge on any atom is 0.173 e. The van der Waals surface area contributed by atoms with Gasteiger partial charge in [0.05, 0.1) is 15.7 Å².